The highest BCUT2D eigenvalue weighted by atomic mass is 35.5. The number of aromatic nitrogens is 1. The van der Waals surface area contributed by atoms with Crippen LogP contribution in [-0.4, -0.2) is 42.0 Å². The normalized spacial score (nSPS) is 19.0. The van der Waals surface area contributed by atoms with Crippen molar-refractivity contribution in [3.8, 4) is 0 Å². The lowest BCUT2D eigenvalue weighted by molar-refractivity contribution is 0.0639. The molecule has 0 bridgehead atoms. The molecule has 0 aliphatic carbocycles. The summed E-state index contributed by atoms with van der Waals surface area (Å²) in [6, 6.07) is 7.67. The van der Waals surface area contributed by atoms with Crippen LogP contribution in [0.3, 0.4) is 0 Å². The summed E-state index contributed by atoms with van der Waals surface area (Å²) in [5.74, 6) is 0.0129. The van der Waals surface area contributed by atoms with Gasteiger partial charge in [0.2, 0.25) is 0 Å². The van der Waals surface area contributed by atoms with E-state index in [1.165, 1.54) is 11.3 Å². The van der Waals surface area contributed by atoms with Crippen molar-refractivity contribution in [3.05, 3.63) is 50.9 Å². The zero-order chi connectivity index (χ0) is 17.8. The number of hydrogen-bond donors (Lipinski definition) is 1. The third-order valence-electron chi connectivity index (χ3n) is 4.24. The monoisotopic (exact) mass is 379 g/mol. The summed E-state index contributed by atoms with van der Waals surface area (Å²) in [4.78, 5) is 20.0. The van der Waals surface area contributed by atoms with E-state index in [4.69, 9.17) is 16.3 Å². The molecule has 0 radical (unpaired) electrons. The number of ether oxygens (including phenoxy) is 1. The molecule has 1 aromatic carbocycles. The van der Waals surface area contributed by atoms with Crippen LogP contribution in [0.2, 0.25) is 5.02 Å². The molecule has 25 heavy (non-hydrogen) atoms. The molecular formula is C18H22ClN3O2S. The summed E-state index contributed by atoms with van der Waals surface area (Å²) in [6.07, 6.45) is 1.57. The van der Waals surface area contributed by atoms with Gasteiger partial charge in [-0.1, -0.05) is 23.7 Å². The summed E-state index contributed by atoms with van der Waals surface area (Å²) >= 11 is 7.54. The Bertz CT molecular complexity index is 737. The van der Waals surface area contributed by atoms with Crippen molar-refractivity contribution in [2.45, 2.75) is 26.0 Å². The summed E-state index contributed by atoms with van der Waals surface area (Å²) < 4.78 is 5.57. The SMILES string of the molecule is CCOC(C)c1ncc(C(=O)N2CCNCC2c2cccc(Cl)c2)s1. The number of nitrogens with zero attached hydrogens (tertiary/aromatic N) is 2. The van der Waals surface area contributed by atoms with Gasteiger partial charge in [0.05, 0.1) is 12.2 Å². The van der Waals surface area contributed by atoms with Crippen LogP contribution < -0.4 is 5.32 Å². The molecule has 2 atom stereocenters. The van der Waals surface area contributed by atoms with E-state index in [1.54, 1.807) is 6.20 Å². The molecular weight excluding hydrogens is 358 g/mol. The van der Waals surface area contributed by atoms with Gasteiger partial charge >= 0.3 is 0 Å². The predicted octanol–water partition coefficient (Wildman–Crippen LogP) is 3.68. The van der Waals surface area contributed by atoms with Gasteiger partial charge in [-0.25, -0.2) is 4.98 Å². The number of hydrogen-bond acceptors (Lipinski definition) is 5. The fourth-order valence-corrected chi connectivity index (χ4v) is 4.07. The highest BCUT2D eigenvalue weighted by Crippen LogP contribution is 2.29. The van der Waals surface area contributed by atoms with Crippen molar-refractivity contribution >= 4 is 28.8 Å². The molecule has 1 aliphatic heterocycles. The van der Waals surface area contributed by atoms with Crippen LogP contribution in [-0.2, 0) is 4.74 Å². The van der Waals surface area contributed by atoms with Crippen LogP contribution in [0.5, 0.6) is 0 Å². The quantitative estimate of drug-likeness (QED) is 0.860. The van der Waals surface area contributed by atoms with E-state index in [2.05, 4.69) is 10.3 Å². The molecule has 0 saturated carbocycles. The van der Waals surface area contributed by atoms with Gasteiger partial charge < -0.3 is 15.0 Å². The van der Waals surface area contributed by atoms with Crippen molar-refractivity contribution in [1.29, 1.82) is 0 Å². The van der Waals surface area contributed by atoms with Gasteiger partial charge in [0.15, 0.2) is 0 Å². The largest absolute Gasteiger partial charge is 0.372 e. The molecule has 1 aliphatic rings. The first-order chi connectivity index (χ1) is 12.1. The first-order valence-electron chi connectivity index (χ1n) is 8.44. The molecule has 1 N–H and O–H groups in total. The first-order valence-corrected chi connectivity index (χ1v) is 9.64. The molecule has 2 aromatic rings. The topological polar surface area (TPSA) is 54.5 Å². The third-order valence-corrected chi connectivity index (χ3v) is 5.62. The molecule has 1 fully saturated rings. The average molecular weight is 380 g/mol. The fraction of sp³-hybridized carbons (Fsp3) is 0.444. The Morgan fingerprint density at radius 1 is 1.56 bits per heavy atom. The Hall–Kier alpha value is -1.47. The highest BCUT2D eigenvalue weighted by molar-refractivity contribution is 7.13. The maximum Gasteiger partial charge on any atom is 0.266 e. The van der Waals surface area contributed by atoms with Gasteiger partial charge in [-0.3, -0.25) is 4.79 Å². The Kier molecular flexibility index (Phi) is 6.06. The molecule has 3 rings (SSSR count). The lowest BCUT2D eigenvalue weighted by Gasteiger charge is -2.36. The average Bonchev–Trinajstić information content (AvgIpc) is 3.11. The number of amides is 1. The number of nitrogens with one attached hydrogen (secondary N) is 1. The lowest BCUT2D eigenvalue weighted by Crippen LogP contribution is -2.48. The zero-order valence-electron chi connectivity index (χ0n) is 14.4. The standard InChI is InChI=1S/C18H22ClN3O2S/c1-3-24-12(2)17-21-11-16(25-17)18(23)22-8-7-20-10-15(22)13-5-4-6-14(19)9-13/h4-6,9,11-12,15,20H,3,7-8,10H2,1-2H3. The van der Waals surface area contributed by atoms with Gasteiger partial charge in [0.25, 0.3) is 5.91 Å². The van der Waals surface area contributed by atoms with E-state index < -0.39 is 0 Å². The van der Waals surface area contributed by atoms with Gasteiger partial charge in [-0.15, -0.1) is 11.3 Å². The molecule has 5 nitrogen and oxygen atoms in total. The molecule has 2 heterocycles. The maximum absolute atomic E-state index is 13.1. The number of benzene rings is 1. The van der Waals surface area contributed by atoms with Crippen molar-refractivity contribution in [2.24, 2.45) is 0 Å². The van der Waals surface area contributed by atoms with Gasteiger partial charge in [-0.2, -0.15) is 0 Å². The van der Waals surface area contributed by atoms with Crippen LogP contribution in [0.25, 0.3) is 0 Å². The van der Waals surface area contributed by atoms with Crippen molar-refractivity contribution < 1.29 is 9.53 Å². The van der Waals surface area contributed by atoms with E-state index in [0.29, 0.717) is 29.6 Å². The lowest BCUT2D eigenvalue weighted by atomic mass is 10.0. The second-order valence-corrected chi connectivity index (χ2v) is 7.43. The number of carbonyl (C=O) groups is 1. The van der Waals surface area contributed by atoms with E-state index in [-0.39, 0.29) is 18.1 Å². The number of rotatable bonds is 5. The highest BCUT2D eigenvalue weighted by Gasteiger charge is 2.30. The maximum atomic E-state index is 13.1. The minimum absolute atomic E-state index is 0.0129. The summed E-state index contributed by atoms with van der Waals surface area (Å²) in [7, 11) is 0. The van der Waals surface area contributed by atoms with Crippen LogP contribution in [0.1, 0.15) is 46.2 Å². The smallest absolute Gasteiger partial charge is 0.266 e. The van der Waals surface area contributed by atoms with Crippen LogP contribution in [0.15, 0.2) is 30.5 Å². The summed E-state index contributed by atoms with van der Waals surface area (Å²) in [5.41, 5.74) is 1.04. The second-order valence-electron chi connectivity index (χ2n) is 5.93. The van der Waals surface area contributed by atoms with Crippen molar-refractivity contribution in [3.63, 3.8) is 0 Å². The molecule has 1 aromatic heterocycles. The molecule has 1 saturated heterocycles. The Labute approximate surface area is 157 Å². The number of piperazine rings is 1. The molecule has 7 heteroatoms. The van der Waals surface area contributed by atoms with E-state index >= 15 is 0 Å². The fourth-order valence-electron chi connectivity index (χ4n) is 3.00. The predicted molar refractivity (Wildman–Crippen MR) is 100 cm³/mol. The number of thiazole rings is 1. The second kappa shape index (κ2) is 8.27. The molecule has 134 valence electrons. The molecule has 1 amide bonds. The number of halogens is 1. The minimum Gasteiger partial charge on any atom is -0.372 e. The van der Waals surface area contributed by atoms with E-state index in [0.717, 1.165) is 17.1 Å². The van der Waals surface area contributed by atoms with Crippen LogP contribution in [0.4, 0.5) is 0 Å². The van der Waals surface area contributed by atoms with E-state index in [9.17, 15) is 4.79 Å². The van der Waals surface area contributed by atoms with Gasteiger partial charge in [-0.05, 0) is 31.5 Å². The Morgan fingerprint density at radius 3 is 3.16 bits per heavy atom. The van der Waals surface area contributed by atoms with Gasteiger partial charge in [0.1, 0.15) is 16.0 Å². The van der Waals surface area contributed by atoms with Gasteiger partial charge in [0, 0.05) is 31.3 Å². The Morgan fingerprint density at radius 2 is 2.40 bits per heavy atom. The van der Waals surface area contributed by atoms with Crippen molar-refractivity contribution in [2.75, 3.05) is 26.2 Å². The minimum atomic E-state index is -0.0942. The molecule has 2 unspecified atom stereocenters. The number of carbonyl (C=O) groups excluding carboxylic acids is 1. The van der Waals surface area contributed by atoms with Crippen LogP contribution >= 0.6 is 22.9 Å². The third kappa shape index (κ3) is 4.20. The Balaban J connectivity index is 1.81. The summed E-state index contributed by atoms with van der Waals surface area (Å²) in [6.45, 7) is 6.68. The van der Waals surface area contributed by atoms with Crippen molar-refractivity contribution in [1.82, 2.24) is 15.2 Å². The van der Waals surface area contributed by atoms with Crippen LogP contribution in [0, 0.1) is 0 Å². The zero-order valence-corrected chi connectivity index (χ0v) is 15.9. The molecule has 0 spiro atoms. The first kappa shape index (κ1) is 18.3. The van der Waals surface area contributed by atoms with E-state index in [1.807, 2.05) is 43.0 Å². The summed E-state index contributed by atoms with van der Waals surface area (Å²) in [5, 5.41) is 4.87.